The third-order valence-corrected chi connectivity index (χ3v) is 5.45. The molecule has 1 N–H and O–H groups in total. The van der Waals surface area contributed by atoms with Crippen LogP contribution in [-0.2, 0) is 20.9 Å². The van der Waals surface area contributed by atoms with Crippen molar-refractivity contribution in [2.24, 2.45) is 5.92 Å². The molecule has 5 heteroatoms. The molecule has 0 bridgehead atoms. The van der Waals surface area contributed by atoms with Crippen LogP contribution in [-0.4, -0.2) is 30.9 Å². The smallest absolute Gasteiger partial charge is 0.293 e. The van der Waals surface area contributed by atoms with E-state index in [1.54, 1.807) is 0 Å². The van der Waals surface area contributed by atoms with Crippen LogP contribution in [0.3, 0.4) is 0 Å². The second-order valence-corrected chi connectivity index (χ2v) is 7.89. The number of carbonyl (C=O) groups excluding carboxylic acids is 1. The highest BCUT2D eigenvalue weighted by molar-refractivity contribution is 9.10. The number of rotatable bonds is 7. The maximum absolute atomic E-state index is 9.76. The SMILES string of the molecule is CCOC1CC(CO)CC(c2ccc(Br)cc2)C1.O=COCc1ccccc1. The van der Waals surface area contributed by atoms with Crippen LogP contribution in [0.15, 0.2) is 59.1 Å². The molecule has 28 heavy (non-hydrogen) atoms. The molecule has 0 spiro atoms. The average molecular weight is 449 g/mol. The van der Waals surface area contributed by atoms with E-state index in [1.165, 1.54) is 5.56 Å². The van der Waals surface area contributed by atoms with Crippen molar-refractivity contribution in [3.05, 3.63) is 70.2 Å². The summed E-state index contributed by atoms with van der Waals surface area (Å²) >= 11 is 3.47. The molecule has 1 fully saturated rings. The zero-order chi connectivity index (χ0) is 20.2. The second kappa shape index (κ2) is 12.7. The molecule has 0 aliphatic heterocycles. The van der Waals surface area contributed by atoms with Gasteiger partial charge in [-0.2, -0.15) is 0 Å². The van der Waals surface area contributed by atoms with Crippen molar-refractivity contribution in [1.82, 2.24) is 0 Å². The number of aliphatic hydroxyl groups is 1. The normalized spacial score (nSPS) is 21.3. The lowest BCUT2D eigenvalue weighted by atomic mass is 9.77. The standard InChI is InChI=1S/C15H21BrO2.C8H8O2/c1-2-18-15-8-11(10-17)7-13(9-15)12-3-5-14(16)6-4-12;9-7-10-6-8-4-2-1-3-5-8/h3-6,11,13,15,17H,2,7-10H2,1H3;1-5,7H,6H2. The minimum Gasteiger partial charge on any atom is -0.463 e. The first-order chi connectivity index (χ1) is 13.7. The number of carbonyl (C=O) groups is 1. The molecule has 2 aromatic carbocycles. The van der Waals surface area contributed by atoms with Crippen LogP contribution in [0.4, 0.5) is 0 Å². The summed E-state index contributed by atoms with van der Waals surface area (Å²) in [5, 5.41) is 9.42. The average Bonchev–Trinajstić information content (AvgIpc) is 2.74. The van der Waals surface area contributed by atoms with Gasteiger partial charge in [0, 0.05) is 17.7 Å². The molecule has 4 nitrogen and oxygen atoms in total. The third kappa shape index (κ3) is 7.74. The molecule has 0 saturated heterocycles. The highest BCUT2D eigenvalue weighted by Gasteiger charge is 2.29. The van der Waals surface area contributed by atoms with Gasteiger partial charge in [0.1, 0.15) is 6.61 Å². The summed E-state index contributed by atoms with van der Waals surface area (Å²) < 4.78 is 11.4. The predicted molar refractivity (Wildman–Crippen MR) is 114 cm³/mol. The van der Waals surface area contributed by atoms with Crippen LogP contribution >= 0.6 is 15.9 Å². The highest BCUT2D eigenvalue weighted by Crippen LogP contribution is 2.37. The van der Waals surface area contributed by atoms with Gasteiger partial charge >= 0.3 is 0 Å². The number of halogens is 1. The van der Waals surface area contributed by atoms with Crippen LogP contribution in [0.25, 0.3) is 0 Å². The Morgan fingerprint density at radius 1 is 1.07 bits per heavy atom. The van der Waals surface area contributed by atoms with Gasteiger partial charge in [-0.3, -0.25) is 4.79 Å². The Morgan fingerprint density at radius 3 is 2.39 bits per heavy atom. The minimum atomic E-state index is 0.274. The molecule has 0 radical (unpaired) electrons. The molecule has 3 atom stereocenters. The molecule has 1 saturated carbocycles. The maximum Gasteiger partial charge on any atom is 0.293 e. The van der Waals surface area contributed by atoms with E-state index in [-0.39, 0.29) is 6.61 Å². The molecular formula is C23H29BrO4. The van der Waals surface area contributed by atoms with Gasteiger partial charge in [0.25, 0.3) is 6.47 Å². The first-order valence-corrected chi connectivity index (χ1v) is 10.5. The van der Waals surface area contributed by atoms with E-state index in [0.29, 0.717) is 31.0 Å². The molecule has 1 aliphatic carbocycles. The van der Waals surface area contributed by atoms with Crippen LogP contribution in [0.5, 0.6) is 0 Å². The summed E-state index contributed by atoms with van der Waals surface area (Å²) in [5.41, 5.74) is 2.37. The van der Waals surface area contributed by atoms with Gasteiger partial charge in [-0.15, -0.1) is 0 Å². The van der Waals surface area contributed by atoms with E-state index < -0.39 is 0 Å². The van der Waals surface area contributed by atoms with Crippen molar-refractivity contribution < 1.29 is 19.4 Å². The molecular weight excluding hydrogens is 420 g/mol. The molecule has 2 aromatic rings. The van der Waals surface area contributed by atoms with E-state index in [9.17, 15) is 9.90 Å². The third-order valence-electron chi connectivity index (χ3n) is 4.92. The molecule has 152 valence electrons. The van der Waals surface area contributed by atoms with Crippen molar-refractivity contribution in [2.75, 3.05) is 13.2 Å². The van der Waals surface area contributed by atoms with E-state index in [2.05, 4.69) is 44.9 Å². The summed E-state index contributed by atoms with van der Waals surface area (Å²) in [6.45, 7) is 3.89. The summed E-state index contributed by atoms with van der Waals surface area (Å²) in [4.78, 5) is 9.76. The van der Waals surface area contributed by atoms with Crippen molar-refractivity contribution in [3.8, 4) is 0 Å². The van der Waals surface area contributed by atoms with Crippen LogP contribution in [0, 0.1) is 5.92 Å². The molecule has 0 aromatic heterocycles. The number of hydrogen-bond acceptors (Lipinski definition) is 4. The Kier molecular flexibility index (Phi) is 10.3. The largest absolute Gasteiger partial charge is 0.463 e. The van der Waals surface area contributed by atoms with Gasteiger partial charge in [-0.25, -0.2) is 0 Å². The fourth-order valence-corrected chi connectivity index (χ4v) is 3.88. The Bertz CT molecular complexity index is 675. The first-order valence-electron chi connectivity index (χ1n) is 9.73. The maximum atomic E-state index is 9.76. The molecule has 0 amide bonds. The monoisotopic (exact) mass is 448 g/mol. The van der Waals surface area contributed by atoms with Crippen molar-refractivity contribution in [1.29, 1.82) is 0 Å². The number of ether oxygens (including phenoxy) is 2. The molecule has 1 aliphatic rings. The number of benzene rings is 2. The van der Waals surface area contributed by atoms with E-state index in [4.69, 9.17) is 4.74 Å². The van der Waals surface area contributed by atoms with Crippen LogP contribution in [0.1, 0.15) is 43.2 Å². The van der Waals surface area contributed by atoms with Crippen molar-refractivity contribution in [3.63, 3.8) is 0 Å². The summed E-state index contributed by atoms with van der Waals surface area (Å²) in [7, 11) is 0. The molecule has 3 rings (SSSR count). The zero-order valence-corrected chi connectivity index (χ0v) is 17.9. The van der Waals surface area contributed by atoms with Crippen molar-refractivity contribution in [2.45, 2.75) is 44.8 Å². The van der Waals surface area contributed by atoms with Crippen LogP contribution in [0.2, 0.25) is 0 Å². The molecule has 0 heterocycles. The topological polar surface area (TPSA) is 55.8 Å². The lowest BCUT2D eigenvalue weighted by Crippen LogP contribution is -2.29. The number of aliphatic hydroxyl groups excluding tert-OH is 1. The molecule has 3 unspecified atom stereocenters. The first kappa shape index (κ1) is 22.6. The van der Waals surface area contributed by atoms with Crippen molar-refractivity contribution >= 4 is 22.4 Å². The predicted octanol–water partition coefficient (Wildman–Crippen LogP) is 5.09. The Balaban J connectivity index is 0.000000237. The van der Waals surface area contributed by atoms with Gasteiger partial charge in [0.15, 0.2) is 0 Å². The summed E-state index contributed by atoms with van der Waals surface area (Å²) in [5.74, 6) is 0.893. The van der Waals surface area contributed by atoms with E-state index in [1.807, 2.05) is 37.3 Å². The van der Waals surface area contributed by atoms with Crippen LogP contribution < -0.4 is 0 Å². The minimum absolute atomic E-state index is 0.274. The zero-order valence-electron chi connectivity index (χ0n) is 16.3. The quantitative estimate of drug-likeness (QED) is 0.599. The fraction of sp³-hybridized carbons (Fsp3) is 0.435. The summed E-state index contributed by atoms with van der Waals surface area (Å²) in [6.07, 6.45) is 3.44. The Morgan fingerprint density at radius 2 is 1.79 bits per heavy atom. The Labute approximate surface area is 176 Å². The number of hydrogen-bond donors (Lipinski definition) is 1. The Hall–Kier alpha value is -1.69. The van der Waals surface area contributed by atoms with Gasteiger partial charge in [0.05, 0.1) is 6.10 Å². The van der Waals surface area contributed by atoms with E-state index in [0.717, 1.165) is 35.9 Å². The van der Waals surface area contributed by atoms with Gasteiger partial charge in [0.2, 0.25) is 0 Å². The lowest BCUT2D eigenvalue weighted by Gasteiger charge is -2.34. The van der Waals surface area contributed by atoms with Gasteiger partial charge in [-0.1, -0.05) is 58.4 Å². The highest BCUT2D eigenvalue weighted by atomic mass is 79.9. The fourth-order valence-electron chi connectivity index (χ4n) is 3.61. The second-order valence-electron chi connectivity index (χ2n) is 6.97. The van der Waals surface area contributed by atoms with Gasteiger partial charge < -0.3 is 14.6 Å². The lowest BCUT2D eigenvalue weighted by molar-refractivity contribution is -0.129. The van der Waals surface area contributed by atoms with Gasteiger partial charge in [-0.05, 0) is 61.3 Å². The van der Waals surface area contributed by atoms with E-state index >= 15 is 0 Å². The summed E-state index contributed by atoms with van der Waals surface area (Å²) in [6, 6.07) is 18.1.